The van der Waals surface area contributed by atoms with Crippen molar-refractivity contribution in [2.75, 3.05) is 20.3 Å². The number of rotatable bonds is 4. The van der Waals surface area contributed by atoms with E-state index in [2.05, 4.69) is 0 Å². The lowest BCUT2D eigenvalue weighted by molar-refractivity contribution is -0.0877. The highest BCUT2D eigenvalue weighted by atomic mass is 31.1. The van der Waals surface area contributed by atoms with Crippen molar-refractivity contribution in [2.45, 2.75) is 24.4 Å². The standard InChI is InChI=1S/C7H12BO4P/c1-10-4-7-6(12-13-9)2-5(8)3-11-7/h5-7H,2-4H2,1H3/t5-,6?,7?/m1/s1. The molecule has 6 heteroatoms. The lowest BCUT2D eigenvalue weighted by Crippen LogP contribution is -2.40. The summed E-state index contributed by atoms with van der Waals surface area (Å²) in [4.78, 5) is 0. The van der Waals surface area contributed by atoms with Crippen LogP contribution in [0.25, 0.3) is 0 Å². The van der Waals surface area contributed by atoms with Crippen LogP contribution in [0.2, 0.25) is 5.82 Å². The molecular formula is C7H12BO4P. The maximum absolute atomic E-state index is 10.3. The van der Waals surface area contributed by atoms with Gasteiger partial charge in [-0.2, -0.15) is 0 Å². The van der Waals surface area contributed by atoms with E-state index < -0.39 is 0 Å². The smallest absolute Gasteiger partial charge is 0.327 e. The van der Waals surface area contributed by atoms with Gasteiger partial charge in [-0.15, -0.1) is 0 Å². The van der Waals surface area contributed by atoms with E-state index in [-0.39, 0.29) is 26.7 Å². The zero-order chi connectivity index (χ0) is 9.68. The maximum Gasteiger partial charge on any atom is 0.327 e. The number of ether oxygens (including phenoxy) is 2. The van der Waals surface area contributed by atoms with Gasteiger partial charge in [-0.05, 0) is 6.42 Å². The Kier molecular flexibility index (Phi) is 4.88. The van der Waals surface area contributed by atoms with Crippen LogP contribution in [0, 0.1) is 0 Å². The van der Waals surface area contributed by atoms with E-state index in [1.807, 2.05) is 0 Å². The SMILES string of the molecule is [B][C@H]1COC(COC)C(OP=O)C1. The molecule has 0 aromatic rings. The first-order chi connectivity index (χ1) is 6.27. The van der Waals surface area contributed by atoms with E-state index in [1.54, 1.807) is 7.11 Å². The van der Waals surface area contributed by atoms with Gasteiger partial charge in [0.15, 0.2) is 0 Å². The van der Waals surface area contributed by atoms with Gasteiger partial charge in [0, 0.05) is 13.7 Å². The largest absolute Gasteiger partial charge is 0.382 e. The first-order valence-corrected chi connectivity index (χ1v) is 4.85. The Morgan fingerprint density at radius 2 is 2.46 bits per heavy atom. The molecule has 0 spiro atoms. The highest BCUT2D eigenvalue weighted by molar-refractivity contribution is 7.17. The molecule has 0 aromatic carbocycles. The maximum atomic E-state index is 10.3. The van der Waals surface area contributed by atoms with Crippen LogP contribution in [-0.4, -0.2) is 40.4 Å². The molecule has 1 rings (SSSR count). The van der Waals surface area contributed by atoms with Crippen molar-refractivity contribution >= 4 is 16.5 Å². The second kappa shape index (κ2) is 5.71. The molecule has 0 aliphatic carbocycles. The molecule has 1 saturated heterocycles. The monoisotopic (exact) mass is 202 g/mol. The molecule has 0 aromatic heterocycles. The third-order valence-corrected chi connectivity index (χ3v) is 2.34. The normalized spacial score (nSPS) is 35.0. The Bertz CT molecular complexity index is 169. The van der Waals surface area contributed by atoms with Crippen LogP contribution >= 0.6 is 8.69 Å². The van der Waals surface area contributed by atoms with E-state index in [4.69, 9.17) is 21.8 Å². The Morgan fingerprint density at radius 1 is 1.69 bits per heavy atom. The van der Waals surface area contributed by atoms with Crippen LogP contribution < -0.4 is 0 Å². The first kappa shape index (κ1) is 11.1. The second-order valence-electron chi connectivity index (χ2n) is 3.04. The molecule has 0 N–H and O–H groups in total. The van der Waals surface area contributed by atoms with E-state index >= 15 is 0 Å². The summed E-state index contributed by atoms with van der Waals surface area (Å²) in [6.07, 6.45) is 0.262. The number of hydrogen-bond donors (Lipinski definition) is 0. The summed E-state index contributed by atoms with van der Waals surface area (Å²) < 4.78 is 25.5. The lowest BCUT2D eigenvalue weighted by Gasteiger charge is -2.32. The van der Waals surface area contributed by atoms with Crippen molar-refractivity contribution in [3.8, 4) is 0 Å². The average Bonchev–Trinajstić information content (AvgIpc) is 2.10. The van der Waals surface area contributed by atoms with Crippen LogP contribution in [0.15, 0.2) is 0 Å². The van der Waals surface area contributed by atoms with Gasteiger partial charge in [0.25, 0.3) is 0 Å². The summed E-state index contributed by atoms with van der Waals surface area (Å²) in [6.45, 7) is 0.941. The molecule has 1 fully saturated rings. The number of hydrogen-bond acceptors (Lipinski definition) is 4. The molecular weight excluding hydrogens is 190 g/mol. The summed E-state index contributed by atoms with van der Waals surface area (Å²) in [6, 6.07) is 0. The van der Waals surface area contributed by atoms with Gasteiger partial charge in [0.2, 0.25) is 0 Å². The molecule has 0 amide bonds. The predicted molar refractivity (Wildman–Crippen MR) is 48.2 cm³/mol. The molecule has 13 heavy (non-hydrogen) atoms. The van der Waals surface area contributed by atoms with Crippen molar-refractivity contribution in [1.82, 2.24) is 0 Å². The Balaban J connectivity index is 2.44. The van der Waals surface area contributed by atoms with Crippen molar-refractivity contribution in [1.29, 1.82) is 0 Å². The molecule has 1 aliphatic rings. The highest BCUT2D eigenvalue weighted by Crippen LogP contribution is 2.26. The quantitative estimate of drug-likeness (QED) is 0.503. The van der Waals surface area contributed by atoms with E-state index in [1.165, 1.54) is 0 Å². The second-order valence-corrected chi connectivity index (χ2v) is 3.40. The fourth-order valence-corrected chi connectivity index (χ4v) is 1.69. The van der Waals surface area contributed by atoms with E-state index in [0.717, 1.165) is 0 Å². The van der Waals surface area contributed by atoms with Crippen LogP contribution in [0.1, 0.15) is 6.42 Å². The lowest BCUT2D eigenvalue weighted by atomic mass is 9.80. The Labute approximate surface area is 80.6 Å². The van der Waals surface area contributed by atoms with E-state index in [9.17, 15) is 4.57 Å². The summed E-state index contributed by atoms with van der Waals surface area (Å²) in [5.74, 6) is -0.0418. The third-order valence-electron chi connectivity index (χ3n) is 1.98. The van der Waals surface area contributed by atoms with Crippen molar-refractivity contribution in [3.63, 3.8) is 0 Å². The summed E-state index contributed by atoms with van der Waals surface area (Å²) in [5.41, 5.74) is 0. The highest BCUT2D eigenvalue weighted by Gasteiger charge is 2.30. The fraction of sp³-hybridized carbons (Fsp3) is 1.00. The van der Waals surface area contributed by atoms with Gasteiger partial charge in [0.05, 0.1) is 20.6 Å². The van der Waals surface area contributed by atoms with Gasteiger partial charge in [0.1, 0.15) is 6.10 Å². The molecule has 0 saturated carbocycles. The Morgan fingerprint density at radius 3 is 3.08 bits per heavy atom. The molecule has 4 nitrogen and oxygen atoms in total. The van der Waals surface area contributed by atoms with Gasteiger partial charge in [-0.3, -0.25) is 4.52 Å². The molecule has 2 radical (unpaired) electrons. The van der Waals surface area contributed by atoms with Gasteiger partial charge in [-0.1, -0.05) is 5.82 Å². The van der Waals surface area contributed by atoms with Crippen molar-refractivity contribution in [2.24, 2.45) is 0 Å². The molecule has 0 bridgehead atoms. The van der Waals surface area contributed by atoms with Crippen LogP contribution in [-0.2, 0) is 18.6 Å². The minimum absolute atomic E-state index is 0.0418. The molecule has 2 unspecified atom stereocenters. The minimum Gasteiger partial charge on any atom is -0.382 e. The minimum atomic E-state index is -0.337. The Hall–Kier alpha value is 0.0449. The predicted octanol–water partition coefficient (Wildman–Crippen LogP) is 0.971. The van der Waals surface area contributed by atoms with E-state index in [0.29, 0.717) is 19.6 Å². The van der Waals surface area contributed by atoms with Gasteiger partial charge in [-0.25, -0.2) is 4.57 Å². The summed E-state index contributed by atoms with van der Waals surface area (Å²) in [5, 5.41) is 0. The molecule has 1 heterocycles. The molecule has 3 atom stereocenters. The summed E-state index contributed by atoms with van der Waals surface area (Å²) >= 11 is 0. The van der Waals surface area contributed by atoms with Crippen molar-refractivity contribution in [3.05, 3.63) is 0 Å². The van der Waals surface area contributed by atoms with Gasteiger partial charge >= 0.3 is 8.69 Å². The first-order valence-electron chi connectivity index (χ1n) is 4.12. The van der Waals surface area contributed by atoms with Crippen LogP contribution in [0.4, 0.5) is 0 Å². The fourth-order valence-electron chi connectivity index (χ4n) is 1.36. The zero-order valence-corrected chi connectivity index (χ0v) is 8.41. The molecule has 72 valence electrons. The topological polar surface area (TPSA) is 44.8 Å². The van der Waals surface area contributed by atoms with Crippen LogP contribution in [0.5, 0.6) is 0 Å². The van der Waals surface area contributed by atoms with Gasteiger partial charge < -0.3 is 9.47 Å². The molecule has 1 aliphatic heterocycles. The van der Waals surface area contributed by atoms with Crippen LogP contribution in [0.3, 0.4) is 0 Å². The summed E-state index contributed by atoms with van der Waals surface area (Å²) in [7, 11) is 6.91. The zero-order valence-electron chi connectivity index (χ0n) is 7.51. The average molecular weight is 202 g/mol. The number of methoxy groups -OCH3 is 1. The van der Waals surface area contributed by atoms with Crippen molar-refractivity contribution < 1.29 is 18.6 Å². The third kappa shape index (κ3) is 3.35.